The summed E-state index contributed by atoms with van der Waals surface area (Å²) in [5, 5.41) is 0. The molecule has 3 rings (SSSR count). The summed E-state index contributed by atoms with van der Waals surface area (Å²) >= 11 is 0. The van der Waals surface area contributed by atoms with Crippen LogP contribution in [0.2, 0.25) is 0 Å². The monoisotopic (exact) mass is 420 g/mol. The van der Waals surface area contributed by atoms with Crippen LogP contribution < -0.4 is 19.1 Å². The zero-order valence-electron chi connectivity index (χ0n) is 17.1. The molecule has 0 saturated carbocycles. The minimum Gasteiger partial charge on any atom is -0.495 e. The molecule has 1 fully saturated rings. The number of benzene rings is 2. The lowest BCUT2D eigenvalue weighted by molar-refractivity contribution is 0.287. The minimum absolute atomic E-state index is 0.218. The van der Waals surface area contributed by atoms with E-state index in [1.165, 1.54) is 4.31 Å². The van der Waals surface area contributed by atoms with Gasteiger partial charge in [-0.05, 0) is 38.1 Å². The third kappa shape index (κ3) is 4.59. The van der Waals surface area contributed by atoms with E-state index in [9.17, 15) is 8.42 Å². The molecule has 0 bridgehead atoms. The van der Waals surface area contributed by atoms with E-state index in [1.807, 2.05) is 38.1 Å². The fourth-order valence-electron chi connectivity index (χ4n) is 3.40. The van der Waals surface area contributed by atoms with Crippen molar-refractivity contribution in [3.05, 3.63) is 42.5 Å². The van der Waals surface area contributed by atoms with Crippen LogP contribution in [0.3, 0.4) is 0 Å². The molecule has 1 aliphatic heterocycles. The third-order valence-electron chi connectivity index (χ3n) is 4.82. The second-order valence-electron chi connectivity index (χ2n) is 6.54. The Morgan fingerprint density at radius 1 is 0.862 bits per heavy atom. The largest absolute Gasteiger partial charge is 0.495 e. The summed E-state index contributed by atoms with van der Waals surface area (Å²) < 4.78 is 44.4. The van der Waals surface area contributed by atoms with E-state index >= 15 is 0 Å². The Morgan fingerprint density at radius 2 is 1.52 bits per heavy atom. The molecule has 158 valence electrons. The van der Waals surface area contributed by atoms with Gasteiger partial charge < -0.3 is 19.1 Å². The maximum absolute atomic E-state index is 13.2. The Labute approximate surface area is 172 Å². The molecule has 8 heteroatoms. The number of rotatable bonds is 8. The molecule has 0 atom stereocenters. The van der Waals surface area contributed by atoms with Crippen molar-refractivity contribution in [3.63, 3.8) is 0 Å². The van der Waals surface area contributed by atoms with Gasteiger partial charge >= 0.3 is 0 Å². The van der Waals surface area contributed by atoms with Crippen molar-refractivity contribution in [2.24, 2.45) is 0 Å². The Hall–Kier alpha value is -2.45. The number of nitrogens with zero attached hydrogens (tertiary/aromatic N) is 2. The first-order valence-corrected chi connectivity index (χ1v) is 11.2. The fraction of sp³-hybridized carbons (Fsp3) is 0.429. The summed E-state index contributed by atoms with van der Waals surface area (Å²) in [5.74, 6) is 1.79. The first-order valence-electron chi connectivity index (χ1n) is 9.79. The number of piperazine rings is 1. The zero-order valence-corrected chi connectivity index (χ0v) is 17.9. The van der Waals surface area contributed by atoms with Crippen LogP contribution in [0.15, 0.2) is 47.4 Å². The van der Waals surface area contributed by atoms with Crippen molar-refractivity contribution in [3.8, 4) is 17.2 Å². The number of sulfonamides is 1. The Bertz CT molecular complexity index is 924. The van der Waals surface area contributed by atoms with E-state index in [1.54, 1.807) is 25.3 Å². The summed E-state index contributed by atoms with van der Waals surface area (Å²) in [7, 11) is -1.98. The normalized spacial score (nSPS) is 15.2. The molecule has 0 radical (unpaired) electrons. The van der Waals surface area contributed by atoms with Crippen LogP contribution in [0.1, 0.15) is 13.8 Å². The van der Waals surface area contributed by atoms with E-state index < -0.39 is 10.0 Å². The Balaban J connectivity index is 1.77. The number of hydrogen-bond donors (Lipinski definition) is 0. The van der Waals surface area contributed by atoms with Crippen molar-refractivity contribution in [1.82, 2.24) is 4.31 Å². The Morgan fingerprint density at radius 3 is 2.17 bits per heavy atom. The van der Waals surface area contributed by atoms with Crippen LogP contribution in [0, 0.1) is 0 Å². The average Bonchev–Trinajstić information content (AvgIpc) is 2.75. The first kappa shape index (κ1) is 21.3. The summed E-state index contributed by atoms with van der Waals surface area (Å²) in [6.07, 6.45) is 0. The topological polar surface area (TPSA) is 68.3 Å². The van der Waals surface area contributed by atoms with Crippen LogP contribution in [0.25, 0.3) is 0 Å². The van der Waals surface area contributed by atoms with Crippen molar-refractivity contribution in [2.45, 2.75) is 18.7 Å². The average molecular weight is 421 g/mol. The summed E-state index contributed by atoms with van der Waals surface area (Å²) in [6.45, 7) is 6.63. The molecule has 2 aromatic carbocycles. The van der Waals surface area contributed by atoms with Crippen molar-refractivity contribution >= 4 is 15.7 Å². The second-order valence-corrected chi connectivity index (χ2v) is 8.48. The highest BCUT2D eigenvalue weighted by atomic mass is 32.2. The molecule has 0 unspecified atom stereocenters. The van der Waals surface area contributed by atoms with Crippen LogP contribution in [-0.2, 0) is 10.0 Å². The molecular formula is C21H28N2O5S. The quantitative estimate of drug-likeness (QED) is 0.654. The number of para-hydroxylation sites is 2. The molecule has 1 aliphatic rings. The molecule has 1 saturated heterocycles. The predicted molar refractivity (Wildman–Crippen MR) is 113 cm³/mol. The van der Waals surface area contributed by atoms with Crippen LogP contribution in [-0.4, -0.2) is 59.2 Å². The van der Waals surface area contributed by atoms with Crippen LogP contribution >= 0.6 is 0 Å². The lowest BCUT2D eigenvalue weighted by Gasteiger charge is -2.36. The molecule has 2 aromatic rings. The van der Waals surface area contributed by atoms with Gasteiger partial charge in [0.25, 0.3) is 0 Å². The number of methoxy groups -OCH3 is 1. The van der Waals surface area contributed by atoms with E-state index in [-0.39, 0.29) is 4.90 Å². The molecule has 0 N–H and O–H groups in total. The van der Waals surface area contributed by atoms with Gasteiger partial charge in [-0.1, -0.05) is 12.1 Å². The van der Waals surface area contributed by atoms with E-state index in [4.69, 9.17) is 14.2 Å². The molecule has 0 aliphatic carbocycles. The SMILES string of the molecule is CCOc1ccc(S(=O)(=O)N2CCN(c3ccccc3OC)CC2)cc1OCC. The van der Waals surface area contributed by atoms with Gasteiger partial charge in [0.2, 0.25) is 10.0 Å². The van der Waals surface area contributed by atoms with Gasteiger partial charge in [0, 0.05) is 32.2 Å². The lowest BCUT2D eigenvalue weighted by Crippen LogP contribution is -2.48. The number of anilines is 1. The molecular weight excluding hydrogens is 392 g/mol. The van der Waals surface area contributed by atoms with Gasteiger partial charge in [-0.25, -0.2) is 8.42 Å². The molecule has 0 amide bonds. The first-order chi connectivity index (χ1) is 14.0. The van der Waals surface area contributed by atoms with Crippen molar-refractivity contribution < 1.29 is 22.6 Å². The van der Waals surface area contributed by atoms with Gasteiger partial charge in [-0.15, -0.1) is 0 Å². The number of ether oxygens (including phenoxy) is 3. The minimum atomic E-state index is -3.62. The predicted octanol–water partition coefficient (Wildman–Crippen LogP) is 3.00. The molecule has 0 aromatic heterocycles. The van der Waals surface area contributed by atoms with Crippen LogP contribution in [0.5, 0.6) is 17.2 Å². The second kappa shape index (κ2) is 9.37. The molecule has 7 nitrogen and oxygen atoms in total. The van der Waals surface area contributed by atoms with Gasteiger partial charge in [0.05, 0.1) is 30.9 Å². The maximum atomic E-state index is 13.2. The maximum Gasteiger partial charge on any atom is 0.243 e. The number of hydrogen-bond acceptors (Lipinski definition) is 6. The molecule has 1 heterocycles. The third-order valence-corrected chi connectivity index (χ3v) is 6.71. The highest BCUT2D eigenvalue weighted by Crippen LogP contribution is 2.33. The zero-order chi connectivity index (χ0) is 20.9. The Kier molecular flexibility index (Phi) is 6.87. The van der Waals surface area contributed by atoms with Gasteiger partial charge in [-0.2, -0.15) is 4.31 Å². The summed E-state index contributed by atoms with van der Waals surface area (Å²) in [5.41, 5.74) is 0.978. The summed E-state index contributed by atoms with van der Waals surface area (Å²) in [6, 6.07) is 12.6. The fourth-order valence-corrected chi connectivity index (χ4v) is 4.84. The van der Waals surface area contributed by atoms with Gasteiger partial charge in [-0.3, -0.25) is 0 Å². The highest BCUT2D eigenvalue weighted by molar-refractivity contribution is 7.89. The standard InChI is InChI=1S/C21H28N2O5S/c1-4-27-20-11-10-17(16-21(20)28-5-2)29(24,25)23-14-12-22(13-15-23)18-8-6-7-9-19(18)26-3/h6-11,16H,4-5,12-15H2,1-3H3. The van der Waals surface area contributed by atoms with Crippen molar-refractivity contribution in [2.75, 3.05) is 51.4 Å². The highest BCUT2D eigenvalue weighted by Gasteiger charge is 2.30. The van der Waals surface area contributed by atoms with E-state index in [0.717, 1.165) is 11.4 Å². The smallest absolute Gasteiger partial charge is 0.243 e. The van der Waals surface area contributed by atoms with Gasteiger partial charge in [0.15, 0.2) is 11.5 Å². The van der Waals surface area contributed by atoms with Gasteiger partial charge in [0.1, 0.15) is 5.75 Å². The summed E-state index contributed by atoms with van der Waals surface area (Å²) in [4.78, 5) is 2.37. The van der Waals surface area contributed by atoms with Crippen LogP contribution in [0.4, 0.5) is 5.69 Å². The van der Waals surface area contributed by atoms with Crippen molar-refractivity contribution in [1.29, 1.82) is 0 Å². The van der Waals surface area contributed by atoms with E-state index in [0.29, 0.717) is 50.9 Å². The lowest BCUT2D eigenvalue weighted by atomic mass is 10.2. The van der Waals surface area contributed by atoms with E-state index in [2.05, 4.69) is 4.90 Å². The molecule has 29 heavy (non-hydrogen) atoms. The molecule has 0 spiro atoms.